The second-order valence-corrected chi connectivity index (χ2v) is 4.88. The van der Waals surface area contributed by atoms with Crippen LogP contribution in [0.15, 0.2) is 0 Å². The minimum atomic E-state index is -0.0412. The van der Waals surface area contributed by atoms with Crippen LogP contribution in [0, 0.1) is 0 Å². The number of nitrogens with zero attached hydrogens (tertiary/aromatic N) is 2. The Morgan fingerprint density at radius 1 is 0.750 bits per heavy atom. The van der Waals surface area contributed by atoms with Gasteiger partial charge in [-0.05, 0) is 6.66 Å². The first-order chi connectivity index (χ1) is 5.71. The minimum Gasteiger partial charge on any atom is -0.271 e. The molecule has 0 unspecified atom stereocenters. The normalized spacial score (nSPS) is 12.0. The lowest BCUT2D eigenvalue weighted by molar-refractivity contribution is 0.427. The van der Waals surface area contributed by atoms with E-state index in [1.807, 2.05) is 0 Å². The second-order valence-electron chi connectivity index (χ2n) is 2.77. The zero-order valence-corrected chi connectivity index (χ0v) is 10.1. The van der Waals surface area contributed by atoms with E-state index in [2.05, 4.69) is 43.7 Å². The summed E-state index contributed by atoms with van der Waals surface area (Å²) in [6.07, 6.45) is 0. The highest BCUT2D eigenvalue weighted by Gasteiger charge is 2.15. The first-order valence-electron chi connectivity index (χ1n) is 4.94. The van der Waals surface area contributed by atoms with E-state index in [0.29, 0.717) is 0 Å². The van der Waals surface area contributed by atoms with E-state index < -0.39 is 0 Å². The van der Waals surface area contributed by atoms with Gasteiger partial charge in [0.25, 0.3) is 0 Å². The Morgan fingerprint density at radius 3 is 1.17 bits per heavy atom. The number of rotatable bonds is 6. The SMILES string of the molecule is CCN(CC)P(C)N(CC)CC. The lowest BCUT2D eigenvalue weighted by atomic mass is 10.7. The molecule has 0 rings (SSSR count). The van der Waals surface area contributed by atoms with Crippen molar-refractivity contribution in [1.29, 1.82) is 0 Å². The van der Waals surface area contributed by atoms with E-state index in [0.717, 1.165) is 0 Å². The molecule has 0 saturated carbocycles. The van der Waals surface area contributed by atoms with Gasteiger partial charge in [-0.3, -0.25) is 9.34 Å². The Labute approximate surface area is 78.8 Å². The van der Waals surface area contributed by atoms with Gasteiger partial charge in [0.2, 0.25) is 0 Å². The maximum absolute atomic E-state index is 2.54. The van der Waals surface area contributed by atoms with Gasteiger partial charge in [0, 0.05) is 34.4 Å². The van der Waals surface area contributed by atoms with Gasteiger partial charge in [-0.15, -0.1) is 0 Å². The van der Waals surface area contributed by atoms with Crippen molar-refractivity contribution in [2.45, 2.75) is 27.7 Å². The maximum Gasteiger partial charge on any atom is 0.0361 e. The molecule has 0 spiro atoms. The largest absolute Gasteiger partial charge is 0.271 e. The van der Waals surface area contributed by atoms with Crippen molar-refractivity contribution in [2.75, 3.05) is 32.8 Å². The molecule has 0 bridgehead atoms. The molecular weight excluding hydrogens is 167 g/mol. The number of hydrogen-bond donors (Lipinski definition) is 0. The maximum atomic E-state index is 2.54. The molecule has 0 aromatic carbocycles. The first kappa shape index (κ1) is 12.3. The summed E-state index contributed by atoms with van der Waals surface area (Å²) in [4.78, 5) is 0. The fourth-order valence-electron chi connectivity index (χ4n) is 1.44. The quantitative estimate of drug-likeness (QED) is 0.594. The molecule has 0 heterocycles. The highest BCUT2D eigenvalue weighted by Crippen LogP contribution is 2.39. The van der Waals surface area contributed by atoms with Crippen LogP contribution in [0.25, 0.3) is 0 Å². The molecule has 0 amide bonds. The fourth-order valence-corrected chi connectivity index (χ4v) is 3.44. The van der Waals surface area contributed by atoms with Crippen molar-refractivity contribution < 1.29 is 0 Å². The van der Waals surface area contributed by atoms with Crippen molar-refractivity contribution in [3.05, 3.63) is 0 Å². The predicted molar refractivity (Wildman–Crippen MR) is 58.7 cm³/mol. The van der Waals surface area contributed by atoms with Gasteiger partial charge in [-0.1, -0.05) is 27.7 Å². The highest BCUT2D eigenvalue weighted by atomic mass is 31.1. The minimum absolute atomic E-state index is 0.0412. The van der Waals surface area contributed by atoms with E-state index in [-0.39, 0.29) is 8.22 Å². The van der Waals surface area contributed by atoms with E-state index in [4.69, 9.17) is 0 Å². The van der Waals surface area contributed by atoms with Crippen LogP contribution in [0.1, 0.15) is 27.7 Å². The van der Waals surface area contributed by atoms with E-state index >= 15 is 0 Å². The summed E-state index contributed by atoms with van der Waals surface area (Å²) < 4.78 is 5.09. The molecule has 0 radical (unpaired) electrons. The van der Waals surface area contributed by atoms with Crippen molar-refractivity contribution >= 4 is 8.22 Å². The summed E-state index contributed by atoms with van der Waals surface area (Å²) in [5.74, 6) is 0. The summed E-state index contributed by atoms with van der Waals surface area (Å²) in [7, 11) is -0.0412. The molecule has 0 aliphatic rings. The Kier molecular flexibility index (Phi) is 7.02. The van der Waals surface area contributed by atoms with Crippen LogP contribution in [0.5, 0.6) is 0 Å². The lowest BCUT2D eigenvalue weighted by Crippen LogP contribution is -2.28. The van der Waals surface area contributed by atoms with Crippen molar-refractivity contribution in [1.82, 2.24) is 9.34 Å². The van der Waals surface area contributed by atoms with E-state index in [1.54, 1.807) is 0 Å². The van der Waals surface area contributed by atoms with Crippen LogP contribution in [0.3, 0.4) is 0 Å². The van der Waals surface area contributed by atoms with Gasteiger partial charge in [0.05, 0.1) is 0 Å². The van der Waals surface area contributed by atoms with Gasteiger partial charge in [0.15, 0.2) is 0 Å². The monoisotopic (exact) mass is 190 g/mol. The third kappa shape index (κ3) is 3.38. The Hall–Kier alpha value is 0.350. The summed E-state index contributed by atoms with van der Waals surface area (Å²) in [6, 6.07) is 0. The smallest absolute Gasteiger partial charge is 0.0361 e. The van der Waals surface area contributed by atoms with E-state index in [9.17, 15) is 0 Å². The van der Waals surface area contributed by atoms with Crippen molar-refractivity contribution in [3.63, 3.8) is 0 Å². The fraction of sp³-hybridized carbons (Fsp3) is 1.00. The third-order valence-corrected chi connectivity index (χ3v) is 5.05. The molecular formula is C9H23N2P. The first-order valence-corrected chi connectivity index (χ1v) is 6.63. The Morgan fingerprint density at radius 2 is 1.00 bits per heavy atom. The second kappa shape index (κ2) is 6.82. The van der Waals surface area contributed by atoms with Crippen molar-refractivity contribution in [3.8, 4) is 0 Å². The molecule has 0 fully saturated rings. The third-order valence-electron chi connectivity index (χ3n) is 2.28. The van der Waals surface area contributed by atoms with Crippen LogP contribution >= 0.6 is 8.22 Å². The molecule has 3 heteroatoms. The molecule has 0 atom stereocenters. The van der Waals surface area contributed by atoms with Crippen LogP contribution in [0.2, 0.25) is 0 Å². The van der Waals surface area contributed by atoms with Gasteiger partial charge in [-0.2, -0.15) is 0 Å². The van der Waals surface area contributed by atoms with Crippen LogP contribution in [-0.4, -0.2) is 42.2 Å². The average molecular weight is 190 g/mol. The van der Waals surface area contributed by atoms with Crippen LogP contribution < -0.4 is 0 Å². The molecule has 2 nitrogen and oxygen atoms in total. The van der Waals surface area contributed by atoms with Crippen LogP contribution in [0.4, 0.5) is 0 Å². The lowest BCUT2D eigenvalue weighted by Gasteiger charge is -2.34. The topological polar surface area (TPSA) is 6.48 Å². The van der Waals surface area contributed by atoms with Gasteiger partial charge in [-0.25, -0.2) is 0 Å². The standard InChI is InChI=1S/C9H23N2P/c1-6-10(7-2)12(5)11(8-3)9-4/h6-9H2,1-5H3. The van der Waals surface area contributed by atoms with Gasteiger partial charge < -0.3 is 0 Å². The molecule has 0 aliphatic heterocycles. The summed E-state index contributed by atoms with van der Waals surface area (Å²) in [6.45, 7) is 16.0. The Bertz CT molecular complexity index is 88.7. The average Bonchev–Trinajstić information content (AvgIpc) is 2.09. The zero-order chi connectivity index (χ0) is 9.56. The number of hydrogen-bond acceptors (Lipinski definition) is 2. The zero-order valence-electron chi connectivity index (χ0n) is 9.17. The molecule has 0 N–H and O–H groups in total. The molecule has 12 heavy (non-hydrogen) atoms. The summed E-state index contributed by atoms with van der Waals surface area (Å²) in [5, 5.41) is 0. The molecule has 74 valence electrons. The molecule has 0 aliphatic carbocycles. The molecule has 0 saturated heterocycles. The van der Waals surface area contributed by atoms with Gasteiger partial charge >= 0.3 is 0 Å². The Balaban J connectivity index is 4.02. The highest BCUT2D eigenvalue weighted by molar-refractivity contribution is 7.51. The van der Waals surface area contributed by atoms with Crippen LogP contribution in [-0.2, 0) is 0 Å². The predicted octanol–water partition coefficient (Wildman–Crippen LogP) is 2.61. The van der Waals surface area contributed by atoms with Crippen molar-refractivity contribution in [2.24, 2.45) is 0 Å². The molecule has 0 aromatic rings. The summed E-state index contributed by atoms with van der Waals surface area (Å²) >= 11 is 0. The van der Waals surface area contributed by atoms with Gasteiger partial charge in [0.1, 0.15) is 0 Å². The van der Waals surface area contributed by atoms with E-state index in [1.165, 1.54) is 26.2 Å². The summed E-state index contributed by atoms with van der Waals surface area (Å²) in [5.41, 5.74) is 0. The molecule has 0 aromatic heterocycles.